The van der Waals surface area contributed by atoms with Gasteiger partial charge in [0.05, 0.1) is 24.7 Å². The Morgan fingerprint density at radius 1 is 0.938 bits per heavy atom. The Morgan fingerprint density at radius 3 is 2.59 bits per heavy atom. The van der Waals surface area contributed by atoms with Gasteiger partial charge in [0, 0.05) is 34.6 Å². The van der Waals surface area contributed by atoms with Gasteiger partial charge in [-0.1, -0.05) is 60.7 Å². The van der Waals surface area contributed by atoms with Crippen molar-refractivity contribution in [3.8, 4) is 11.3 Å². The molecule has 0 N–H and O–H groups in total. The molecule has 0 bridgehead atoms. The molecule has 0 aliphatic carbocycles. The molecule has 158 valence electrons. The number of hydrogen-bond acceptors (Lipinski definition) is 3. The van der Waals surface area contributed by atoms with Crippen LogP contribution in [0, 0.1) is 0 Å². The highest BCUT2D eigenvalue weighted by molar-refractivity contribution is 5.91. The van der Waals surface area contributed by atoms with Crippen molar-refractivity contribution < 1.29 is 9.53 Å². The standard InChI is InChI=1S/C28H24N2O2/c1-32-28(31)18-23-19-30(16-15-20-7-3-2-4-8-20)27-14-12-22(17-24(23)27)26-13-11-21-9-5-6-10-25(21)29-26/h2-14,17,19H,15-16,18H2,1H3. The van der Waals surface area contributed by atoms with Crippen molar-refractivity contribution in [3.63, 3.8) is 0 Å². The molecule has 4 nitrogen and oxygen atoms in total. The summed E-state index contributed by atoms with van der Waals surface area (Å²) in [7, 11) is 1.43. The van der Waals surface area contributed by atoms with Crippen LogP contribution in [0.2, 0.25) is 0 Å². The summed E-state index contributed by atoms with van der Waals surface area (Å²) in [5.74, 6) is -0.235. The molecule has 0 aliphatic rings. The van der Waals surface area contributed by atoms with Crippen LogP contribution in [0.4, 0.5) is 0 Å². The Morgan fingerprint density at radius 2 is 1.75 bits per heavy atom. The first-order chi connectivity index (χ1) is 15.7. The Labute approximate surface area is 187 Å². The lowest BCUT2D eigenvalue weighted by molar-refractivity contribution is -0.139. The van der Waals surface area contributed by atoms with Crippen molar-refractivity contribution in [3.05, 3.63) is 102 Å². The zero-order chi connectivity index (χ0) is 21.9. The monoisotopic (exact) mass is 420 g/mol. The largest absolute Gasteiger partial charge is 0.469 e. The predicted octanol–water partition coefficient (Wildman–Crippen LogP) is 5.81. The maximum atomic E-state index is 12.1. The number of carbonyl (C=O) groups excluding carboxylic acids is 1. The zero-order valence-electron chi connectivity index (χ0n) is 18.0. The van der Waals surface area contributed by atoms with Gasteiger partial charge in [-0.2, -0.15) is 0 Å². The fourth-order valence-electron chi connectivity index (χ4n) is 4.20. The van der Waals surface area contributed by atoms with Crippen LogP contribution >= 0.6 is 0 Å². The van der Waals surface area contributed by atoms with Gasteiger partial charge in [0.1, 0.15) is 0 Å². The first kappa shape index (κ1) is 20.0. The number of ether oxygens (including phenoxy) is 1. The summed E-state index contributed by atoms with van der Waals surface area (Å²) < 4.78 is 7.18. The van der Waals surface area contributed by atoms with Gasteiger partial charge in [-0.05, 0) is 41.8 Å². The molecule has 0 amide bonds. The minimum absolute atomic E-state index is 0.235. The molecule has 4 heteroatoms. The molecular weight excluding hydrogens is 396 g/mol. The van der Waals surface area contributed by atoms with Crippen molar-refractivity contribution in [1.82, 2.24) is 9.55 Å². The Hall–Kier alpha value is -3.92. The topological polar surface area (TPSA) is 44.1 Å². The average molecular weight is 421 g/mol. The minimum Gasteiger partial charge on any atom is -0.469 e. The second kappa shape index (κ2) is 8.67. The number of methoxy groups -OCH3 is 1. The molecule has 0 unspecified atom stereocenters. The van der Waals surface area contributed by atoms with E-state index in [0.29, 0.717) is 0 Å². The lowest BCUT2D eigenvalue weighted by Crippen LogP contribution is -2.04. The third-order valence-corrected chi connectivity index (χ3v) is 5.90. The van der Waals surface area contributed by atoms with Gasteiger partial charge in [-0.3, -0.25) is 4.79 Å². The number of nitrogens with zero attached hydrogens (tertiary/aromatic N) is 2. The van der Waals surface area contributed by atoms with Crippen molar-refractivity contribution in [1.29, 1.82) is 0 Å². The quantitative estimate of drug-likeness (QED) is 0.325. The fraction of sp³-hybridized carbons (Fsp3) is 0.143. The van der Waals surface area contributed by atoms with E-state index < -0.39 is 0 Å². The van der Waals surface area contributed by atoms with Gasteiger partial charge in [0.15, 0.2) is 0 Å². The van der Waals surface area contributed by atoms with E-state index in [4.69, 9.17) is 9.72 Å². The Bertz CT molecular complexity index is 1400. The van der Waals surface area contributed by atoms with Crippen molar-refractivity contribution >= 4 is 27.8 Å². The molecule has 0 spiro atoms. The van der Waals surface area contributed by atoms with E-state index in [1.54, 1.807) is 0 Å². The average Bonchev–Trinajstić information content (AvgIpc) is 3.19. The zero-order valence-corrected chi connectivity index (χ0v) is 18.0. The van der Waals surface area contributed by atoms with Crippen molar-refractivity contribution in [2.75, 3.05) is 7.11 Å². The summed E-state index contributed by atoms with van der Waals surface area (Å²) in [6, 6.07) is 29.1. The van der Waals surface area contributed by atoms with E-state index in [0.717, 1.165) is 51.6 Å². The summed E-state index contributed by atoms with van der Waals surface area (Å²) in [6.45, 7) is 0.843. The number of pyridine rings is 1. The SMILES string of the molecule is COC(=O)Cc1cn(CCc2ccccc2)c2ccc(-c3ccc4ccccc4n3)cc12. The third kappa shape index (κ3) is 4.00. The predicted molar refractivity (Wildman–Crippen MR) is 129 cm³/mol. The first-order valence-electron chi connectivity index (χ1n) is 10.8. The number of rotatable bonds is 6. The van der Waals surface area contributed by atoms with Crippen LogP contribution in [0.5, 0.6) is 0 Å². The van der Waals surface area contributed by atoms with E-state index >= 15 is 0 Å². The van der Waals surface area contributed by atoms with Crippen LogP contribution in [-0.2, 0) is 28.9 Å². The summed E-state index contributed by atoms with van der Waals surface area (Å²) in [5.41, 5.74) is 6.31. The van der Waals surface area contributed by atoms with Gasteiger partial charge in [-0.25, -0.2) is 4.98 Å². The number of fused-ring (bicyclic) bond motifs is 2. The van der Waals surface area contributed by atoms with Gasteiger partial charge in [-0.15, -0.1) is 0 Å². The number of carbonyl (C=O) groups is 1. The molecule has 0 saturated carbocycles. The van der Waals surface area contributed by atoms with E-state index in [2.05, 4.69) is 71.4 Å². The number of aromatic nitrogens is 2. The lowest BCUT2D eigenvalue weighted by atomic mass is 10.0. The molecule has 2 aromatic heterocycles. The fourth-order valence-corrected chi connectivity index (χ4v) is 4.20. The normalized spacial score (nSPS) is 11.2. The van der Waals surface area contributed by atoms with Gasteiger partial charge >= 0.3 is 5.97 Å². The highest BCUT2D eigenvalue weighted by Crippen LogP contribution is 2.29. The molecule has 2 heterocycles. The van der Waals surface area contributed by atoms with E-state index in [1.165, 1.54) is 12.7 Å². The molecular formula is C28H24N2O2. The van der Waals surface area contributed by atoms with Crippen LogP contribution < -0.4 is 0 Å². The molecule has 0 atom stereocenters. The van der Waals surface area contributed by atoms with Crippen LogP contribution in [0.3, 0.4) is 0 Å². The smallest absolute Gasteiger partial charge is 0.310 e. The highest BCUT2D eigenvalue weighted by Gasteiger charge is 2.14. The molecule has 0 radical (unpaired) electrons. The lowest BCUT2D eigenvalue weighted by Gasteiger charge is -2.07. The number of esters is 1. The van der Waals surface area contributed by atoms with E-state index in [9.17, 15) is 4.79 Å². The second-order valence-electron chi connectivity index (χ2n) is 7.96. The summed E-state index contributed by atoms with van der Waals surface area (Å²) in [6.07, 6.45) is 3.26. The summed E-state index contributed by atoms with van der Waals surface area (Å²) in [4.78, 5) is 16.9. The molecule has 32 heavy (non-hydrogen) atoms. The summed E-state index contributed by atoms with van der Waals surface area (Å²) in [5, 5.41) is 2.19. The first-order valence-corrected chi connectivity index (χ1v) is 10.8. The maximum absolute atomic E-state index is 12.1. The van der Waals surface area contributed by atoms with Gasteiger partial charge in [0.2, 0.25) is 0 Å². The molecule has 5 rings (SSSR count). The van der Waals surface area contributed by atoms with Crippen LogP contribution in [0.15, 0.2) is 91.1 Å². The van der Waals surface area contributed by atoms with Crippen molar-refractivity contribution in [2.24, 2.45) is 0 Å². The molecule has 0 saturated heterocycles. The maximum Gasteiger partial charge on any atom is 0.310 e. The molecule has 3 aromatic carbocycles. The van der Waals surface area contributed by atoms with Crippen LogP contribution in [0.1, 0.15) is 11.1 Å². The van der Waals surface area contributed by atoms with Gasteiger partial charge in [0.25, 0.3) is 0 Å². The number of para-hydroxylation sites is 1. The van der Waals surface area contributed by atoms with E-state index in [-0.39, 0.29) is 12.4 Å². The highest BCUT2D eigenvalue weighted by atomic mass is 16.5. The van der Waals surface area contributed by atoms with Gasteiger partial charge < -0.3 is 9.30 Å². The Kier molecular flexibility index (Phi) is 5.42. The molecule has 0 fully saturated rings. The van der Waals surface area contributed by atoms with Crippen molar-refractivity contribution in [2.45, 2.75) is 19.4 Å². The summed E-state index contributed by atoms with van der Waals surface area (Å²) >= 11 is 0. The third-order valence-electron chi connectivity index (χ3n) is 5.90. The molecule has 5 aromatic rings. The van der Waals surface area contributed by atoms with Crippen LogP contribution in [-0.4, -0.2) is 22.6 Å². The minimum atomic E-state index is -0.235. The second-order valence-corrected chi connectivity index (χ2v) is 7.96. The number of hydrogen-bond donors (Lipinski definition) is 0. The Balaban J connectivity index is 1.54. The van der Waals surface area contributed by atoms with E-state index in [1.807, 2.05) is 24.3 Å². The van der Waals surface area contributed by atoms with Crippen LogP contribution in [0.25, 0.3) is 33.1 Å². The number of aryl methyl sites for hydroxylation is 2. The molecule has 0 aliphatic heterocycles. The number of benzene rings is 3.